The van der Waals surface area contributed by atoms with Gasteiger partial charge in [0.2, 0.25) is 0 Å². The Morgan fingerprint density at radius 2 is 2.30 bits per heavy atom. The molecule has 10 heavy (non-hydrogen) atoms. The fraction of sp³-hybridized carbons (Fsp3) is 0.857. The van der Waals surface area contributed by atoms with E-state index in [4.69, 9.17) is 4.74 Å². The molecule has 0 aliphatic rings. The highest BCUT2D eigenvalue weighted by Crippen LogP contribution is 2.03. The van der Waals surface area contributed by atoms with Gasteiger partial charge < -0.3 is 4.74 Å². The van der Waals surface area contributed by atoms with E-state index in [0.29, 0.717) is 5.75 Å². The zero-order valence-electron chi connectivity index (χ0n) is 6.46. The van der Waals surface area contributed by atoms with Crippen LogP contribution in [0.4, 0.5) is 0 Å². The maximum absolute atomic E-state index is 10.4. The van der Waals surface area contributed by atoms with Crippen LogP contribution in [0.5, 0.6) is 0 Å². The van der Waals surface area contributed by atoms with E-state index < -0.39 is 0 Å². The molecule has 0 aromatic carbocycles. The van der Waals surface area contributed by atoms with Gasteiger partial charge in [-0.3, -0.25) is 4.79 Å². The lowest BCUT2D eigenvalue weighted by molar-refractivity contribution is -0.145. The molecular weight excluding hydrogens is 148 g/mol. The van der Waals surface area contributed by atoms with Crippen molar-refractivity contribution in [2.75, 3.05) is 5.75 Å². The number of carbonyl (C=O) groups is 1. The van der Waals surface area contributed by atoms with Crippen molar-refractivity contribution >= 4 is 18.6 Å². The van der Waals surface area contributed by atoms with Crippen LogP contribution in [0.3, 0.4) is 0 Å². The van der Waals surface area contributed by atoms with E-state index in [1.165, 1.54) is 6.92 Å². The highest BCUT2D eigenvalue weighted by Gasteiger charge is 2.07. The predicted octanol–water partition coefficient (Wildman–Crippen LogP) is 1.65. The van der Waals surface area contributed by atoms with Crippen molar-refractivity contribution in [3.05, 3.63) is 0 Å². The highest BCUT2D eigenvalue weighted by molar-refractivity contribution is 7.80. The predicted molar refractivity (Wildman–Crippen MR) is 44.3 cm³/mol. The average Bonchev–Trinajstić information content (AvgIpc) is 1.86. The van der Waals surface area contributed by atoms with E-state index in [0.717, 1.165) is 12.8 Å². The summed E-state index contributed by atoms with van der Waals surface area (Å²) in [5.41, 5.74) is 0. The molecular formula is C7H14O2S. The van der Waals surface area contributed by atoms with Crippen LogP contribution in [0.1, 0.15) is 26.7 Å². The molecule has 1 unspecified atom stereocenters. The SMILES string of the molecule is CCCC(CS)OC(C)=O. The van der Waals surface area contributed by atoms with E-state index >= 15 is 0 Å². The topological polar surface area (TPSA) is 26.3 Å². The molecule has 0 aromatic rings. The first-order valence-electron chi connectivity index (χ1n) is 3.48. The number of hydrogen-bond donors (Lipinski definition) is 1. The van der Waals surface area contributed by atoms with Gasteiger partial charge in [0.15, 0.2) is 0 Å². The van der Waals surface area contributed by atoms with E-state index in [2.05, 4.69) is 19.6 Å². The molecule has 0 saturated heterocycles. The van der Waals surface area contributed by atoms with Crippen molar-refractivity contribution in [1.82, 2.24) is 0 Å². The van der Waals surface area contributed by atoms with E-state index in [-0.39, 0.29) is 12.1 Å². The summed E-state index contributed by atoms with van der Waals surface area (Å²) in [4.78, 5) is 10.4. The Morgan fingerprint density at radius 1 is 1.70 bits per heavy atom. The standard InChI is InChI=1S/C7H14O2S/c1-3-4-7(5-10)9-6(2)8/h7,10H,3-5H2,1-2H3. The van der Waals surface area contributed by atoms with Gasteiger partial charge in [0.25, 0.3) is 0 Å². The minimum Gasteiger partial charge on any atom is -0.462 e. The highest BCUT2D eigenvalue weighted by atomic mass is 32.1. The lowest BCUT2D eigenvalue weighted by Gasteiger charge is -2.12. The molecule has 0 rings (SSSR count). The molecule has 2 nitrogen and oxygen atoms in total. The summed E-state index contributed by atoms with van der Waals surface area (Å²) in [7, 11) is 0. The molecule has 0 aromatic heterocycles. The van der Waals surface area contributed by atoms with Crippen molar-refractivity contribution in [2.24, 2.45) is 0 Å². The third-order valence-electron chi connectivity index (χ3n) is 1.15. The second-order valence-electron chi connectivity index (χ2n) is 2.20. The Balaban J connectivity index is 3.49. The van der Waals surface area contributed by atoms with Crippen LogP contribution < -0.4 is 0 Å². The fourth-order valence-corrected chi connectivity index (χ4v) is 1.00. The van der Waals surface area contributed by atoms with Gasteiger partial charge in [-0.2, -0.15) is 12.6 Å². The second-order valence-corrected chi connectivity index (χ2v) is 2.57. The van der Waals surface area contributed by atoms with Crippen LogP contribution in [0.2, 0.25) is 0 Å². The average molecular weight is 162 g/mol. The molecule has 0 bridgehead atoms. The molecule has 1 atom stereocenters. The normalized spacial score (nSPS) is 12.7. The summed E-state index contributed by atoms with van der Waals surface area (Å²) in [6, 6.07) is 0. The number of ether oxygens (including phenoxy) is 1. The molecule has 0 spiro atoms. The van der Waals surface area contributed by atoms with Crippen molar-refractivity contribution in [3.63, 3.8) is 0 Å². The van der Waals surface area contributed by atoms with Gasteiger partial charge in [0, 0.05) is 12.7 Å². The van der Waals surface area contributed by atoms with Gasteiger partial charge >= 0.3 is 5.97 Å². The first kappa shape index (κ1) is 9.82. The quantitative estimate of drug-likeness (QED) is 0.502. The lowest BCUT2D eigenvalue weighted by Crippen LogP contribution is -2.17. The van der Waals surface area contributed by atoms with Crippen LogP contribution in [-0.4, -0.2) is 17.8 Å². The molecule has 0 aliphatic heterocycles. The Kier molecular flexibility index (Phi) is 5.49. The summed E-state index contributed by atoms with van der Waals surface area (Å²) in [6.45, 7) is 3.48. The molecule has 0 saturated carbocycles. The molecule has 0 N–H and O–H groups in total. The second kappa shape index (κ2) is 5.59. The number of esters is 1. The number of rotatable bonds is 4. The summed E-state index contributed by atoms with van der Waals surface area (Å²) in [5, 5.41) is 0. The van der Waals surface area contributed by atoms with Gasteiger partial charge in [-0.15, -0.1) is 0 Å². The Morgan fingerprint density at radius 3 is 2.60 bits per heavy atom. The number of carbonyl (C=O) groups excluding carboxylic acids is 1. The Labute approximate surface area is 67.4 Å². The third-order valence-corrected chi connectivity index (χ3v) is 1.55. The van der Waals surface area contributed by atoms with Crippen molar-refractivity contribution in [1.29, 1.82) is 0 Å². The summed E-state index contributed by atoms with van der Waals surface area (Å²) < 4.78 is 4.92. The first-order chi connectivity index (χ1) is 4.70. The summed E-state index contributed by atoms with van der Waals surface area (Å²) in [5.74, 6) is 0.403. The zero-order chi connectivity index (χ0) is 7.98. The molecule has 0 amide bonds. The van der Waals surface area contributed by atoms with Crippen molar-refractivity contribution < 1.29 is 9.53 Å². The summed E-state index contributed by atoms with van der Waals surface area (Å²) >= 11 is 4.05. The van der Waals surface area contributed by atoms with E-state index in [9.17, 15) is 4.79 Å². The minimum atomic E-state index is -0.215. The van der Waals surface area contributed by atoms with Gasteiger partial charge in [-0.25, -0.2) is 0 Å². The van der Waals surface area contributed by atoms with Crippen LogP contribution in [-0.2, 0) is 9.53 Å². The molecule has 0 aliphatic carbocycles. The van der Waals surface area contributed by atoms with Crippen LogP contribution >= 0.6 is 12.6 Å². The van der Waals surface area contributed by atoms with Crippen molar-refractivity contribution in [3.8, 4) is 0 Å². The summed E-state index contributed by atoms with van der Waals surface area (Å²) in [6.07, 6.45) is 1.94. The largest absolute Gasteiger partial charge is 0.462 e. The molecule has 0 radical (unpaired) electrons. The minimum absolute atomic E-state index is 0.00540. The third kappa shape index (κ3) is 4.68. The Hall–Kier alpha value is -0.180. The monoisotopic (exact) mass is 162 g/mol. The molecule has 60 valence electrons. The van der Waals surface area contributed by atoms with Gasteiger partial charge in [-0.05, 0) is 6.42 Å². The first-order valence-corrected chi connectivity index (χ1v) is 4.12. The van der Waals surface area contributed by atoms with Crippen molar-refractivity contribution in [2.45, 2.75) is 32.8 Å². The zero-order valence-corrected chi connectivity index (χ0v) is 7.36. The maximum Gasteiger partial charge on any atom is 0.302 e. The molecule has 0 fully saturated rings. The van der Waals surface area contributed by atoms with Gasteiger partial charge in [0.1, 0.15) is 6.10 Å². The number of thiol groups is 1. The van der Waals surface area contributed by atoms with E-state index in [1.54, 1.807) is 0 Å². The lowest BCUT2D eigenvalue weighted by atomic mass is 10.2. The Bertz CT molecular complexity index is 104. The van der Waals surface area contributed by atoms with Gasteiger partial charge in [-0.1, -0.05) is 13.3 Å². The fourth-order valence-electron chi connectivity index (χ4n) is 0.744. The smallest absolute Gasteiger partial charge is 0.302 e. The molecule has 0 heterocycles. The van der Waals surface area contributed by atoms with Crippen LogP contribution in [0, 0.1) is 0 Å². The van der Waals surface area contributed by atoms with Crippen LogP contribution in [0.25, 0.3) is 0 Å². The van der Waals surface area contributed by atoms with Crippen LogP contribution in [0.15, 0.2) is 0 Å². The molecule has 3 heteroatoms. The van der Waals surface area contributed by atoms with E-state index in [1.807, 2.05) is 0 Å². The number of hydrogen-bond acceptors (Lipinski definition) is 3. The maximum atomic E-state index is 10.4. The van der Waals surface area contributed by atoms with Gasteiger partial charge in [0.05, 0.1) is 0 Å².